The van der Waals surface area contributed by atoms with Crippen LogP contribution < -0.4 is 5.32 Å². The number of rotatable bonds is 9. The largest absolute Gasteiger partial charge is 0.322 e. The van der Waals surface area contributed by atoms with Gasteiger partial charge in [-0.1, -0.05) is 37.2 Å². The van der Waals surface area contributed by atoms with Crippen LogP contribution in [0.5, 0.6) is 0 Å². The SMILES string of the molecule is CS(=O)(=O)OCCCCCCCC#Cc1cccc2c1CN(C1CCC(=O)NC1=O)C2=O. The van der Waals surface area contributed by atoms with Crippen molar-refractivity contribution in [3.05, 3.63) is 34.9 Å². The van der Waals surface area contributed by atoms with E-state index in [1.807, 2.05) is 6.07 Å². The van der Waals surface area contributed by atoms with Crippen molar-refractivity contribution in [2.45, 2.75) is 64.0 Å². The molecule has 2 heterocycles. The molecule has 8 nitrogen and oxygen atoms in total. The lowest BCUT2D eigenvalue weighted by molar-refractivity contribution is -0.136. The molecule has 1 aromatic rings. The number of fused-ring (bicyclic) bond motifs is 1. The lowest BCUT2D eigenvalue weighted by atomic mass is 10.0. The average Bonchev–Trinajstić information content (AvgIpc) is 3.06. The summed E-state index contributed by atoms with van der Waals surface area (Å²) in [7, 11) is -3.35. The van der Waals surface area contributed by atoms with Crippen molar-refractivity contribution in [1.82, 2.24) is 10.2 Å². The summed E-state index contributed by atoms with van der Waals surface area (Å²) >= 11 is 0. The van der Waals surface area contributed by atoms with E-state index in [0.717, 1.165) is 49.5 Å². The Morgan fingerprint density at radius 2 is 1.88 bits per heavy atom. The Hall–Kier alpha value is -2.70. The van der Waals surface area contributed by atoms with Crippen LogP contribution in [0.25, 0.3) is 0 Å². The van der Waals surface area contributed by atoms with Gasteiger partial charge >= 0.3 is 0 Å². The van der Waals surface area contributed by atoms with Crippen molar-refractivity contribution in [2.24, 2.45) is 0 Å². The number of carbonyl (C=O) groups is 3. The molecule has 1 N–H and O–H groups in total. The number of nitrogens with zero attached hydrogens (tertiary/aromatic N) is 1. The van der Waals surface area contributed by atoms with E-state index in [1.165, 1.54) is 4.90 Å². The molecule has 2 aliphatic heterocycles. The first-order chi connectivity index (χ1) is 15.3. The summed E-state index contributed by atoms with van der Waals surface area (Å²) < 4.78 is 26.5. The molecule has 1 saturated heterocycles. The first-order valence-corrected chi connectivity index (χ1v) is 12.7. The summed E-state index contributed by atoms with van der Waals surface area (Å²) in [4.78, 5) is 37.9. The van der Waals surface area contributed by atoms with E-state index in [9.17, 15) is 22.8 Å². The van der Waals surface area contributed by atoms with Gasteiger partial charge in [0.1, 0.15) is 6.04 Å². The average molecular weight is 461 g/mol. The quantitative estimate of drug-likeness (QED) is 0.262. The maximum absolute atomic E-state index is 12.8. The minimum absolute atomic E-state index is 0.196. The topological polar surface area (TPSA) is 110 Å². The zero-order chi connectivity index (χ0) is 23.1. The van der Waals surface area contributed by atoms with Crippen LogP contribution >= 0.6 is 0 Å². The maximum atomic E-state index is 12.8. The summed E-state index contributed by atoms with van der Waals surface area (Å²) in [5.74, 6) is 5.42. The molecule has 1 atom stereocenters. The summed E-state index contributed by atoms with van der Waals surface area (Å²) in [6, 6.07) is 4.81. The number of amides is 3. The Labute approximate surface area is 188 Å². The van der Waals surface area contributed by atoms with Crippen molar-refractivity contribution < 1.29 is 27.0 Å². The number of carbonyl (C=O) groups excluding carboxylic acids is 3. The van der Waals surface area contributed by atoms with Crippen LogP contribution in [0.15, 0.2) is 18.2 Å². The molecule has 3 rings (SSSR count). The normalized spacial score (nSPS) is 18.2. The molecule has 3 amide bonds. The summed E-state index contributed by atoms with van der Waals surface area (Å²) in [6.07, 6.45) is 6.91. The third kappa shape index (κ3) is 6.40. The van der Waals surface area contributed by atoms with E-state index < -0.39 is 22.1 Å². The van der Waals surface area contributed by atoms with Gasteiger partial charge in [0.2, 0.25) is 11.8 Å². The molecule has 9 heteroatoms. The standard InChI is InChI=1S/C23H28N2O6S/c1-32(29,30)31-15-8-6-4-2-3-5-7-10-17-11-9-12-18-19(17)16-25(23(18)28)20-13-14-21(26)24-22(20)27/h9,11-12,20H,2-6,8,13-16H2,1H3,(H,24,26,27). The molecule has 1 aromatic carbocycles. The Bertz CT molecular complexity index is 1050. The number of piperidine rings is 1. The highest BCUT2D eigenvalue weighted by atomic mass is 32.2. The third-order valence-corrected chi connectivity index (χ3v) is 6.14. The van der Waals surface area contributed by atoms with Gasteiger partial charge in [0, 0.05) is 30.5 Å². The fraction of sp³-hybridized carbons (Fsp3) is 0.522. The molecule has 0 radical (unpaired) electrons. The number of nitrogens with one attached hydrogen (secondary N) is 1. The van der Waals surface area contributed by atoms with Crippen LogP contribution in [-0.4, -0.2) is 49.9 Å². The van der Waals surface area contributed by atoms with Gasteiger partial charge in [-0.05, 0) is 37.0 Å². The minimum Gasteiger partial charge on any atom is -0.322 e. The molecule has 0 spiro atoms. The Morgan fingerprint density at radius 1 is 1.12 bits per heavy atom. The number of imide groups is 1. The number of benzene rings is 1. The monoisotopic (exact) mass is 460 g/mol. The van der Waals surface area contributed by atoms with E-state index in [4.69, 9.17) is 4.18 Å². The number of hydrogen-bond acceptors (Lipinski definition) is 6. The lowest BCUT2D eigenvalue weighted by Crippen LogP contribution is -2.52. The minimum atomic E-state index is -3.35. The predicted molar refractivity (Wildman–Crippen MR) is 118 cm³/mol. The van der Waals surface area contributed by atoms with Gasteiger partial charge in [0.15, 0.2) is 0 Å². The molecule has 0 aliphatic carbocycles. The van der Waals surface area contributed by atoms with Crippen LogP contribution in [0.1, 0.15) is 72.9 Å². The highest BCUT2D eigenvalue weighted by molar-refractivity contribution is 7.85. The Morgan fingerprint density at radius 3 is 2.62 bits per heavy atom. The predicted octanol–water partition coefficient (Wildman–Crippen LogP) is 2.12. The highest BCUT2D eigenvalue weighted by Crippen LogP contribution is 2.29. The molecule has 172 valence electrons. The molecule has 1 unspecified atom stereocenters. The summed E-state index contributed by atoms with van der Waals surface area (Å²) in [6.45, 7) is 0.549. The van der Waals surface area contributed by atoms with Gasteiger partial charge in [-0.25, -0.2) is 0 Å². The zero-order valence-corrected chi connectivity index (χ0v) is 19.0. The molecule has 32 heavy (non-hydrogen) atoms. The van der Waals surface area contributed by atoms with E-state index in [1.54, 1.807) is 12.1 Å². The smallest absolute Gasteiger partial charge is 0.264 e. The van der Waals surface area contributed by atoms with Crippen molar-refractivity contribution in [3.8, 4) is 11.8 Å². The van der Waals surface area contributed by atoms with Gasteiger partial charge in [-0.2, -0.15) is 8.42 Å². The first-order valence-electron chi connectivity index (χ1n) is 10.9. The second-order valence-electron chi connectivity index (χ2n) is 8.08. The van der Waals surface area contributed by atoms with Crippen LogP contribution in [0.3, 0.4) is 0 Å². The molecule has 1 fully saturated rings. The molecular weight excluding hydrogens is 432 g/mol. The highest BCUT2D eigenvalue weighted by Gasteiger charge is 2.39. The molecule has 0 bridgehead atoms. The summed E-state index contributed by atoms with van der Waals surface area (Å²) in [5, 5.41) is 2.31. The van der Waals surface area contributed by atoms with E-state index in [0.29, 0.717) is 24.9 Å². The van der Waals surface area contributed by atoms with Gasteiger partial charge < -0.3 is 4.90 Å². The molecule has 0 aromatic heterocycles. The van der Waals surface area contributed by atoms with Gasteiger partial charge in [0.25, 0.3) is 16.0 Å². The second kappa shape index (κ2) is 10.7. The van der Waals surface area contributed by atoms with Gasteiger partial charge in [-0.3, -0.25) is 23.9 Å². The van der Waals surface area contributed by atoms with Crippen LogP contribution in [-0.2, 0) is 30.4 Å². The lowest BCUT2D eigenvalue weighted by Gasteiger charge is -2.29. The van der Waals surface area contributed by atoms with Gasteiger partial charge in [-0.15, -0.1) is 0 Å². The van der Waals surface area contributed by atoms with E-state index in [2.05, 4.69) is 17.2 Å². The summed E-state index contributed by atoms with van der Waals surface area (Å²) in [5.41, 5.74) is 2.20. The molecular formula is C23H28N2O6S. The van der Waals surface area contributed by atoms with Crippen LogP contribution in [0.4, 0.5) is 0 Å². The van der Waals surface area contributed by atoms with Crippen LogP contribution in [0, 0.1) is 11.8 Å². The van der Waals surface area contributed by atoms with Crippen molar-refractivity contribution >= 4 is 27.8 Å². The van der Waals surface area contributed by atoms with Crippen molar-refractivity contribution in [1.29, 1.82) is 0 Å². The van der Waals surface area contributed by atoms with Gasteiger partial charge in [0.05, 0.1) is 12.9 Å². The fourth-order valence-electron chi connectivity index (χ4n) is 3.92. The third-order valence-electron chi connectivity index (χ3n) is 5.55. The Balaban J connectivity index is 1.47. The van der Waals surface area contributed by atoms with Crippen molar-refractivity contribution in [3.63, 3.8) is 0 Å². The fourth-order valence-corrected chi connectivity index (χ4v) is 4.34. The van der Waals surface area contributed by atoms with E-state index in [-0.39, 0.29) is 24.8 Å². The van der Waals surface area contributed by atoms with E-state index >= 15 is 0 Å². The maximum Gasteiger partial charge on any atom is 0.264 e. The zero-order valence-electron chi connectivity index (χ0n) is 18.2. The second-order valence-corrected chi connectivity index (χ2v) is 9.72. The molecule has 0 saturated carbocycles. The number of unbranched alkanes of at least 4 members (excludes halogenated alkanes) is 5. The Kier molecular flexibility index (Phi) is 8.04. The number of hydrogen-bond donors (Lipinski definition) is 1. The first kappa shape index (κ1) is 24.0. The molecule has 2 aliphatic rings. The van der Waals surface area contributed by atoms with Crippen LogP contribution in [0.2, 0.25) is 0 Å². The van der Waals surface area contributed by atoms with Crippen molar-refractivity contribution in [2.75, 3.05) is 12.9 Å².